The molecule has 0 aliphatic rings. The first-order valence-corrected chi connectivity index (χ1v) is 20.8. The summed E-state index contributed by atoms with van der Waals surface area (Å²) in [6.45, 7) is 21.2. The summed E-state index contributed by atoms with van der Waals surface area (Å²) in [5, 5.41) is 0. The summed E-state index contributed by atoms with van der Waals surface area (Å²) in [4.78, 5) is 71.7. The average molecular weight is 875 g/mol. The molecule has 0 bridgehead atoms. The first-order valence-electron chi connectivity index (χ1n) is 20.8. The largest absolute Gasteiger partial charge is 0.491 e. The van der Waals surface area contributed by atoms with E-state index in [0.717, 1.165) is 25.7 Å². The molecule has 0 fully saturated rings. The molecule has 0 aliphatic carbocycles. The molecule has 62 heavy (non-hydrogen) atoms. The highest BCUT2D eigenvalue weighted by molar-refractivity contribution is 5.88. The Labute approximate surface area is 365 Å². The lowest BCUT2D eigenvalue weighted by atomic mass is 10.1. The van der Waals surface area contributed by atoms with E-state index in [-0.39, 0.29) is 76.8 Å². The molecule has 2 atom stereocenters. The summed E-state index contributed by atoms with van der Waals surface area (Å²) in [6, 6.07) is 6.88. The molecule has 0 radical (unpaired) electrons. The van der Waals surface area contributed by atoms with Gasteiger partial charge in [0.2, 0.25) is 0 Å². The third kappa shape index (κ3) is 28.1. The van der Waals surface area contributed by atoms with Gasteiger partial charge in [-0.2, -0.15) is 0 Å². The molecule has 1 aromatic rings. The van der Waals surface area contributed by atoms with E-state index in [1.165, 1.54) is 13.8 Å². The van der Waals surface area contributed by atoms with Gasteiger partial charge in [0, 0.05) is 35.1 Å². The van der Waals surface area contributed by atoms with Crippen LogP contribution in [0.1, 0.15) is 91.9 Å². The third-order valence-corrected chi connectivity index (χ3v) is 8.23. The van der Waals surface area contributed by atoms with E-state index >= 15 is 0 Å². The fourth-order valence-corrected chi connectivity index (χ4v) is 4.83. The molecule has 16 heteroatoms. The summed E-state index contributed by atoms with van der Waals surface area (Å²) < 4.78 is 54.4. The molecule has 346 valence electrons. The number of hydrogen-bond donors (Lipinski definition) is 0. The Morgan fingerprint density at radius 1 is 0.419 bits per heavy atom. The zero-order valence-corrected chi connectivity index (χ0v) is 37.0. The maximum Gasteiger partial charge on any atom is 0.333 e. The number of carbonyl (C=O) groups excluding carboxylic acids is 6. The maximum absolute atomic E-state index is 12.5. The molecule has 1 rings (SSSR count). The summed E-state index contributed by atoms with van der Waals surface area (Å²) in [6.07, 6.45) is 4.22. The second-order valence-corrected chi connectivity index (χ2v) is 14.5. The van der Waals surface area contributed by atoms with Gasteiger partial charge in [0.1, 0.15) is 37.9 Å². The van der Waals surface area contributed by atoms with Crippen molar-refractivity contribution in [2.75, 3.05) is 66.1 Å². The van der Waals surface area contributed by atoms with Gasteiger partial charge in [-0.05, 0) is 77.6 Å². The molecule has 2 unspecified atom stereocenters. The van der Waals surface area contributed by atoms with Gasteiger partial charge in [-0.25, -0.2) is 19.2 Å². The van der Waals surface area contributed by atoms with Crippen molar-refractivity contribution < 1.29 is 76.1 Å². The lowest BCUT2D eigenvalue weighted by Gasteiger charge is -2.18. The Hall–Kier alpha value is -5.48. The molecule has 1 aromatic carbocycles. The Balaban J connectivity index is 2.42. The van der Waals surface area contributed by atoms with Crippen LogP contribution in [0.15, 0.2) is 72.9 Å². The lowest BCUT2D eigenvalue weighted by Crippen LogP contribution is -2.30. The van der Waals surface area contributed by atoms with Crippen LogP contribution in [-0.2, 0) is 66.7 Å². The van der Waals surface area contributed by atoms with Crippen molar-refractivity contribution in [1.29, 1.82) is 0 Å². The number of ether oxygens (including phenoxy) is 10. The summed E-state index contributed by atoms with van der Waals surface area (Å²) in [5.41, 5.74) is 1.12. The Bertz CT molecular complexity index is 1480. The Kier molecular flexibility index (Phi) is 29.2. The molecule has 0 saturated heterocycles. The van der Waals surface area contributed by atoms with Crippen LogP contribution in [0.2, 0.25) is 0 Å². The smallest absolute Gasteiger partial charge is 0.333 e. The number of benzene rings is 1. The molecule has 0 spiro atoms. The highest BCUT2D eigenvalue weighted by Gasteiger charge is 2.19. The number of hydrogen-bond acceptors (Lipinski definition) is 16. The molecule has 0 amide bonds. The van der Waals surface area contributed by atoms with Crippen LogP contribution >= 0.6 is 0 Å². The predicted octanol–water partition coefficient (Wildman–Crippen LogP) is 6.68. The Morgan fingerprint density at radius 3 is 1.08 bits per heavy atom. The zero-order valence-electron chi connectivity index (χ0n) is 37.0. The number of carbonyl (C=O) groups is 6. The summed E-state index contributed by atoms with van der Waals surface area (Å²) in [7, 11) is 0. The lowest BCUT2D eigenvalue weighted by molar-refractivity contribution is -0.161. The maximum atomic E-state index is 12.5. The van der Waals surface area contributed by atoms with Crippen molar-refractivity contribution in [1.82, 2.24) is 0 Å². The van der Waals surface area contributed by atoms with Gasteiger partial charge < -0.3 is 47.4 Å². The van der Waals surface area contributed by atoms with Crippen LogP contribution in [0.25, 0.3) is 0 Å². The normalized spacial score (nSPS) is 11.5. The van der Waals surface area contributed by atoms with E-state index in [0.29, 0.717) is 61.5 Å². The monoisotopic (exact) mass is 874 g/mol. The van der Waals surface area contributed by atoms with Crippen molar-refractivity contribution in [3.05, 3.63) is 72.9 Å². The van der Waals surface area contributed by atoms with Crippen LogP contribution < -0.4 is 9.47 Å². The molecule has 0 aliphatic heterocycles. The number of esters is 6. The first-order chi connectivity index (χ1) is 29.6. The minimum atomic E-state index is -0.826. The summed E-state index contributed by atoms with van der Waals surface area (Å²) in [5.74, 6) is -1.84. The molecule has 0 saturated carbocycles. The highest BCUT2D eigenvalue weighted by Crippen LogP contribution is 2.18. The van der Waals surface area contributed by atoms with Gasteiger partial charge in [0.25, 0.3) is 0 Å². The highest BCUT2D eigenvalue weighted by atomic mass is 16.6. The SMILES string of the molecule is C=C(C)C(=O)OCCCCCCC(=O)OC(COCCOc1ccc(OCCOCC(COC(=O)C(=C)C)OC(=O)CCCCCCOC(=O)C(=C)C)cc1)COC(=O)C(=C)C. The van der Waals surface area contributed by atoms with Crippen LogP contribution in [0.5, 0.6) is 11.5 Å². The molecular formula is C46H66O16. The van der Waals surface area contributed by atoms with Crippen molar-refractivity contribution in [3.63, 3.8) is 0 Å². The fourth-order valence-electron chi connectivity index (χ4n) is 4.83. The average Bonchev–Trinajstić information content (AvgIpc) is 3.23. The van der Waals surface area contributed by atoms with Crippen molar-refractivity contribution in [3.8, 4) is 11.5 Å². The third-order valence-electron chi connectivity index (χ3n) is 8.23. The van der Waals surface area contributed by atoms with E-state index in [2.05, 4.69) is 26.3 Å². The van der Waals surface area contributed by atoms with Crippen molar-refractivity contribution in [2.45, 2.75) is 104 Å². The Morgan fingerprint density at radius 2 is 0.742 bits per heavy atom. The van der Waals surface area contributed by atoms with Gasteiger partial charge >= 0.3 is 35.8 Å². The zero-order chi connectivity index (χ0) is 46.1. The van der Waals surface area contributed by atoms with E-state index in [9.17, 15) is 28.8 Å². The van der Waals surface area contributed by atoms with E-state index in [4.69, 9.17) is 47.4 Å². The van der Waals surface area contributed by atoms with E-state index in [1.807, 2.05) is 0 Å². The number of rotatable bonds is 36. The minimum absolute atomic E-state index is 0.0245. The molecule has 0 N–H and O–H groups in total. The van der Waals surface area contributed by atoms with Gasteiger partial charge in [0.15, 0.2) is 12.2 Å². The van der Waals surface area contributed by atoms with Crippen LogP contribution in [-0.4, -0.2) is 114 Å². The van der Waals surface area contributed by atoms with Gasteiger partial charge in [0.05, 0.1) is 39.6 Å². The molecule has 0 aromatic heterocycles. The second kappa shape index (κ2) is 33.2. The van der Waals surface area contributed by atoms with E-state index in [1.54, 1.807) is 38.1 Å². The molecule has 16 nitrogen and oxygen atoms in total. The fraction of sp³-hybridized carbons (Fsp3) is 0.565. The van der Waals surface area contributed by atoms with Crippen molar-refractivity contribution in [2.24, 2.45) is 0 Å². The van der Waals surface area contributed by atoms with Crippen LogP contribution in [0, 0.1) is 0 Å². The summed E-state index contributed by atoms with van der Waals surface area (Å²) >= 11 is 0. The van der Waals surface area contributed by atoms with Crippen molar-refractivity contribution >= 4 is 35.8 Å². The van der Waals surface area contributed by atoms with E-state index < -0.39 is 48.0 Å². The molecular weight excluding hydrogens is 808 g/mol. The van der Waals surface area contributed by atoms with Crippen LogP contribution in [0.3, 0.4) is 0 Å². The van der Waals surface area contributed by atoms with Gasteiger partial charge in [-0.3, -0.25) is 9.59 Å². The predicted molar refractivity (Wildman–Crippen MR) is 228 cm³/mol. The van der Waals surface area contributed by atoms with Gasteiger partial charge in [-0.15, -0.1) is 0 Å². The second-order valence-electron chi connectivity index (χ2n) is 14.5. The first kappa shape index (κ1) is 54.5. The minimum Gasteiger partial charge on any atom is -0.491 e. The quantitative estimate of drug-likeness (QED) is 0.0300. The van der Waals surface area contributed by atoms with Gasteiger partial charge in [-0.1, -0.05) is 52.0 Å². The van der Waals surface area contributed by atoms with Crippen LogP contribution in [0.4, 0.5) is 0 Å². The topological polar surface area (TPSA) is 195 Å². The number of unbranched alkanes of at least 4 members (excludes halogenated alkanes) is 6. The standard InChI is InChI=1S/C46H66O16/c1-33(2)43(49)57-23-15-11-9-13-17-41(47)61-39(31-59-45(51)35(5)6)29-53-25-27-55-37-19-21-38(22-20-37)56-28-26-54-30-40(32-60-46(52)36(7)8)62-42(48)18-14-10-12-16-24-58-44(50)34(3)4/h19-22,39-40H,1,3,5,7,9-18,23-32H2,2,4,6,8H3. The molecule has 0 heterocycles.